The summed E-state index contributed by atoms with van der Waals surface area (Å²) >= 11 is 0. The Hall–Kier alpha value is -0.110. The van der Waals surface area contributed by atoms with E-state index in [1.165, 1.54) is 32.2 Å². The lowest BCUT2D eigenvalue weighted by molar-refractivity contribution is 0.163. The van der Waals surface area contributed by atoms with Crippen LogP contribution in [-0.4, -0.2) is 29.7 Å². The summed E-state index contributed by atoms with van der Waals surface area (Å²) in [7, 11) is 0. The molecule has 1 nitrogen and oxygen atoms in total. The van der Waals surface area contributed by atoms with Crippen molar-refractivity contribution in [3.05, 3.63) is 0 Å². The second-order valence-electron chi connectivity index (χ2n) is 6.68. The highest BCUT2D eigenvalue weighted by Gasteiger charge is 2.61. The molecule has 0 radical (unpaired) electrons. The first kappa shape index (κ1) is 10.1. The van der Waals surface area contributed by atoms with Gasteiger partial charge in [-0.3, -0.25) is 4.90 Å². The van der Waals surface area contributed by atoms with Crippen molar-refractivity contribution in [3.8, 4) is 0 Å². The van der Waals surface area contributed by atoms with Gasteiger partial charge in [-0.2, -0.15) is 0 Å². The second-order valence-corrected chi connectivity index (χ2v) is 6.68. The monoisotopic (exact) mass is 211 g/mol. The minimum absolute atomic E-state index is 0.254. The Bertz CT molecular complexity index is 272. The standard InChI is InChI=1S/C13H22FN/c1-10(2)5-13-6-11(14)7-15(13)9-12(8-13)3-4-12/h10-11H,3-9H2,1-2H3. The molecule has 3 fully saturated rings. The fraction of sp³-hybridized carbons (Fsp3) is 1.00. The summed E-state index contributed by atoms with van der Waals surface area (Å²) < 4.78 is 13.6. The van der Waals surface area contributed by atoms with Crippen LogP contribution in [-0.2, 0) is 0 Å². The van der Waals surface area contributed by atoms with Gasteiger partial charge in [0, 0.05) is 18.6 Å². The normalized spacial score (nSPS) is 42.8. The molecule has 2 heterocycles. The van der Waals surface area contributed by atoms with Gasteiger partial charge in [-0.05, 0) is 43.4 Å². The maximum atomic E-state index is 13.6. The van der Waals surface area contributed by atoms with Crippen LogP contribution >= 0.6 is 0 Å². The Morgan fingerprint density at radius 1 is 1.40 bits per heavy atom. The summed E-state index contributed by atoms with van der Waals surface area (Å²) in [6.45, 7) is 6.46. The molecule has 1 spiro atoms. The summed E-state index contributed by atoms with van der Waals surface area (Å²) in [5, 5.41) is 0. The van der Waals surface area contributed by atoms with Crippen molar-refractivity contribution in [2.45, 2.75) is 57.7 Å². The zero-order valence-electron chi connectivity index (χ0n) is 9.93. The molecule has 0 aromatic rings. The molecule has 1 aliphatic carbocycles. The molecule has 3 rings (SSSR count). The molecular formula is C13H22FN. The molecule has 0 aromatic heterocycles. The fourth-order valence-corrected chi connectivity index (χ4v) is 4.17. The zero-order chi connectivity index (χ0) is 10.7. The number of hydrogen-bond acceptors (Lipinski definition) is 1. The number of alkyl halides is 1. The second kappa shape index (κ2) is 2.97. The third-order valence-corrected chi connectivity index (χ3v) is 4.67. The lowest BCUT2D eigenvalue weighted by Gasteiger charge is -2.33. The maximum Gasteiger partial charge on any atom is 0.115 e. The van der Waals surface area contributed by atoms with Crippen molar-refractivity contribution >= 4 is 0 Å². The molecule has 2 heteroatoms. The van der Waals surface area contributed by atoms with Gasteiger partial charge >= 0.3 is 0 Å². The summed E-state index contributed by atoms with van der Waals surface area (Å²) in [5.74, 6) is 0.701. The van der Waals surface area contributed by atoms with Crippen LogP contribution < -0.4 is 0 Å². The van der Waals surface area contributed by atoms with E-state index in [4.69, 9.17) is 0 Å². The predicted octanol–water partition coefficient (Wildman–Crippen LogP) is 3.00. The largest absolute Gasteiger partial charge is 0.294 e. The lowest BCUT2D eigenvalue weighted by atomic mass is 9.82. The minimum atomic E-state index is -0.556. The quantitative estimate of drug-likeness (QED) is 0.678. The van der Waals surface area contributed by atoms with Crippen LogP contribution in [0.4, 0.5) is 4.39 Å². The van der Waals surface area contributed by atoms with Crippen molar-refractivity contribution in [3.63, 3.8) is 0 Å². The fourth-order valence-electron chi connectivity index (χ4n) is 4.17. The predicted molar refractivity (Wildman–Crippen MR) is 59.6 cm³/mol. The Morgan fingerprint density at radius 3 is 2.73 bits per heavy atom. The smallest absolute Gasteiger partial charge is 0.115 e. The van der Waals surface area contributed by atoms with Crippen molar-refractivity contribution < 1.29 is 4.39 Å². The molecule has 0 aromatic carbocycles. The number of fused-ring (bicyclic) bond motifs is 1. The highest BCUT2D eigenvalue weighted by Crippen LogP contribution is 2.62. The van der Waals surface area contributed by atoms with E-state index in [0.717, 1.165) is 6.42 Å². The van der Waals surface area contributed by atoms with Crippen LogP contribution in [0.2, 0.25) is 0 Å². The Kier molecular flexibility index (Phi) is 1.99. The molecule has 2 atom stereocenters. The van der Waals surface area contributed by atoms with Gasteiger partial charge in [0.2, 0.25) is 0 Å². The molecule has 15 heavy (non-hydrogen) atoms. The molecule has 0 N–H and O–H groups in total. The molecule has 2 saturated heterocycles. The molecule has 0 bridgehead atoms. The summed E-state index contributed by atoms with van der Waals surface area (Å²) in [6, 6.07) is 0. The van der Waals surface area contributed by atoms with Crippen LogP contribution in [0.1, 0.15) is 46.0 Å². The van der Waals surface area contributed by atoms with Crippen LogP contribution in [0.25, 0.3) is 0 Å². The number of hydrogen-bond donors (Lipinski definition) is 0. The topological polar surface area (TPSA) is 3.24 Å². The first-order valence-electron chi connectivity index (χ1n) is 6.43. The summed E-state index contributed by atoms with van der Waals surface area (Å²) in [6.07, 6.45) is 5.56. The molecule has 2 aliphatic heterocycles. The molecule has 86 valence electrons. The average molecular weight is 211 g/mol. The molecule has 2 unspecified atom stereocenters. The highest BCUT2D eigenvalue weighted by atomic mass is 19.1. The maximum absolute atomic E-state index is 13.6. The molecule has 0 amide bonds. The van der Waals surface area contributed by atoms with E-state index < -0.39 is 6.17 Å². The van der Waals surface area contributed by atoms with E-state index in [2.05, 4.69) is 18.7 Å². The van der Waals surface area contributed by atoms with Gasteiger partial charge in [0.15, 0.2) is 0 Å². The van der Waals surface area contributed by atoms with Crippen molar-refractivity contribution in [1.82, 2.24) is 4.90 Å². The zero-order valence-corrected chi connectivity index (χ0v) is 9.93. The van der Waals surface area contributed by atoms with Gasteiger partial charge in [0.25, 0.3) is 0 Å². The van der Waals surface area contributed by atoms with Gasteiger partial charge in [-0.25, -0.2) is 4.39 Å². The van der Waals surface area contributed by atoms with E-state index in [-0.39, 0.29) is 5.54 Å². The van der Waals surface area contributed by atoms with Crippen molar-refractivity contribution in [2.24, 2.45) is 11.3 Å². The molecule has 3 aliphatic rings. The van der Waals surface area contributed by atoms with Crippen LogP contribution in [0, 0.1) is 11.3 Å². The van der Waals surface area contributed by atoms with Crippen molar-refractivity contribution in [2.75, 3.05) is 13.1 Å². The van der Waals surface area contributed by atoms with Gasteiger partial charge < -0.3 is 0 Å². The Labute approximate surface area is 92.0 Å². The lowest BCUT2D eigenvalue weighted by Crippen LogP contribution is -2.39. The van der Waals surface area contributed by atoms with E-state index in [1.807, 2.05) is 0 Å². The van der Waals surface area contributed by atoms with Gasteiger partial charge in [0.05, 0.1) is 0 Å². The SMILES string of the molecule is CC(C)CC12CC(F)CN1CC1(CC1)C2. The number of rotatable bonds is 2. The van der Waals surface area contributed by atoms with E-state index in [1.54, 1.807) is 0 Å². The molecular weight excluding hydrogens is 189 g/mol. The summed E-state index contributed by atoms with van der Waals surface area (Å²) in [5.41, 5.74) is 0.888. The van der Waals surface area contributed by atoms with E-state index >= 15 is 0 Å². The van der Waals surface area contributed by atoms with E-state index in [9.17, 15) is 4.39 Å². The third kappa shape index (κ3) is 1.52. The number of nitrogens with zero attached hydrogens (tertiary/aromatic N) is 1. The average Bonchev–Trinajstić information content (AvgIpc) is 2.65. The Morgan fingerprint density at radius 2 is 2.13 bits per heavy atom. The van der Waals surface area contributed by atoms with Crippen LogP contribution in [0.3, 0.4) is 0 Å². The summed E-state index contributed by atoms with van der Waals surface area (Å²) in [4.78, 5) is 2.49. The van der Waals surface area contributed by atoms with Crippen LogP contribution in [0.5, 0.6) is 0 Å². The number of halogens is 1. The Balaban J connectivity index is 1.82. The van der Waals surface area contributed by atoms with Gasteiger partial charge in [-0.1, -0.05) is 13.8 Å². The molecule has 1 saturated carbocycles. The van der Waals surface area contributed by atoms with E-state index in [0.29, 0.717) is 17.9 Å². The highest BCUT2D eigenvalue weighted by molar-refractivity contribution is 5.15. The minimum Gasteiger partial charge on any atom is -0.294 e. The van der Waals surface area contributed by atoms with Gasteiger partial charge in [-0.15, -0.1) is 0 Å². The van der Waals surface area contributed by atoms with Crippen LogP contribution in [0.15, 0.2) is 0 Å². The van der Waals surface area contributed by atoms with Gasteiger partial charge in [0.1, 0.15) is 6.17 Å². The third-order valence-electron chi connectivity index (χ3n) is 4.67. The first-order valence-corrected chi connectivity index (χ1v) is 6.43. The van der Waals surface area contributed by atoms with Crippen molar-refractivity contribution in [1.29, 1.82) is 0 Å². The first-order chi connectivity index (χ1) is 7.04.